The number of nitrogens with zero attached hydrogens (tertiary/aromatic N) is 3. The first-order valence-electron chi connectivity index (χ1n) is 8.56. The molecule has 0 unspecified atom stereocenters. The highest BCUT2D eigenvalue weighted by molar-refractivity contribution is 6.31. The van der Waals surface area contributed by atoms with Crippen LogP contribution in [0, 0.1) is 5.82 Å². The molecule has 3 rings (SSSR count). The van der Waals surface area contributed by atoms with Gasteiger partial charge in [0.2, 0.25) is 5.91 Å². The van der Waals surface area contributed by atoms with Gasteiger partial charge in [-0.15, -0.1) is 10.2 Å². The summed E-state index contributed by atoms with van der Waals surface area (Å²) in [5.74, 6) is 0.381. The van der Waals surface area contributed by atoms with E-state index in [-0.39, 0.29) is 22.9 Å². The fourth-order valence-electron chi connectivity index (χ4n) is 2.39. The molecule has 28 heavy (non-hydrogen) atoms. The van der Waals surface area contributed by atoms with E-state index in [4.69, 9.17) is 11.6 Å². The maximum absolute atomic E-state index is 13.7. The number of halogens is 2. The lowest BCUT2D eigenvalue weighted by Crippen LogP contribution is -2.30. The van der Waals surface area contributed by atoms with E-state index in [1.54, 1.807) is 30.6 Å². The lowest BCUT2D eigenvalue weighted by atomic mass is 10.1. The van der Waals surface area contributed by atoms with Crippen LogP contribution in [0.2, 0.25) is 5.02 Å². The van der Waals surface area contributed by atoms with Gasteiger partial charge < -0.3 is 16.0 Å². The van der Waals surface area contributed by atoms with Gasteiger partial charge in [-0.05, 0) is 36.4 Å². The molecule has 0 fully saturated rings. The van der Waals surface area contributed by atoms with Gasteiger partial charge in [-0.3, -0.25) is 9.78 Å². The second-order valence-corrected chi connectivity index (χ2v) is 6.23. The van der Waals surface area contributed by atoms with Crippen LogP contribution in [0.1, 0.15) is 5.56 Å². The molecule has 0 saturated carbocycles. The Morgan fingerprint density at radius 3 is 2.46 bits per heavy atom. The summed E-state index contributed by atoms with van der Waals surface area (Å²) in [6.07, 6.45) is 3.25. The van der Waals surface area contributed by atoms with Gasteiger partial charge in [0.1, 0.15) is 11.6 Å². The Hall–Kier alpha value is -3.26. The molecule has 7 nitrogen and oxygen atoms in total. The quantitative estimate of drug-likeness (QED) is 0.503. The van der Waals surface area contributed by atoms with E-state index < -0.39 is 5.82 Å². The topological polar surface area (TPSA) is 91.8 Å². The Bertz CT molecular complexity index is 903. The molecule has 0 saturated heterocycles. The smallest absolute Gasteiger partial charge is 0.224 e. The molecule has 0 spiro atoms. The number of benzene rings is 1. The van der Waals surface area contributed by atoms with Crippen molar-refractivity contribution in [2.24, 2.45) is 0 Å². The average Bonchev–Trinajstić information content (AvgIpc) is 2.70. The van der Waals surface area contributed by atoms with E-state index in [1.807, 2.05) is 12.1 Å². The maximum Gasteiger partial charge on any atom is 0.224 e. The van der Waals surface area contributed by atoms with Gasteiger partial charge in [0.25, 0.3) is 0 Å². The van der Waals surface area contributed by atoms with E-state index in [2.05, 4.69) is 31.1 Å². The second-order valence-electron chi connectivity index (χ2n) is 5.82. The molecular weight excluding hydrogens is 383 g/mol. The molecule has 3 N–H and O–H groups in total. The van der Waals surface area contributed by atoms with E-state index in [9.17, 15) is 9.18 Å². The van der Waals surface area contributed by atoms with Crippen LogP contribution in [-0.2, 0) is 11.2 Å². The molecule has 144 valence electrons. The number of carbonyl (C=O) groups excluding carboxylic acids is 1. The largest absolute Gasteiger partial charge is 0.367 e. The Kier molecular flexibility index (Phi) is 6.69. The average molecular weight is 401 g/mol. The molecule has 3 aromatic rings. The standard InChI is InChI=1S/C19H18ClFN6O/c20-15-2-1-3-16(21)14(15)12-19(28)24-11-10-23-17-4-5-18(27-26-17)25-13-6-8-22-9-7-13/h1-9H,10-12H2,(H,23,26)(H,24,28)(H,22,25,27). The van der Waals surface area contributed by atoms with Gasteiger partial charge >= 0.3 is 0 Å². The number of hydrogen-bond acceptors (Lipinski definition) is 6. The summed E-state index contributed by atoms with van der Waals surface area (Å²) in [7, 11) is 0. The minimum Gasteiger partial charge on any atom is -0.367 e. The second kappa shape index (κ2) is 9.61. The van der Waals surface area contributed by atoms with Crippen LogP contribution in [0.25, 0.3) is 0 Å². The van der Waals surface area contributed by atoms with Gasteiger partial charge in [-0.25, -0.2) is 4.39 Å². The zero-order valence-electron chi connectivity index (χ0n) is 14.8. The normalized spacial score (nSPS) is 10.4. The molecule has 0 aliphatic rings. The van der Waals surface area contributed by atoms with Crippen molar-refractivity contribution in [1.82, 2.24) is 20.5 Å². The fraction of sp³-hybridized carbons (Fsp3) is 0.158. The summed E-state index contributed by atoms with van der Waals surface area (Å²) in [6, 6.07) is 11.5. The highest BCUT2D eigenvalue weighted by Crippen LogP contribution is 2.19. The van der Waals surface area contributed by atoms with Crippen LogP contribution >= 0.6 is 11.6 Å². The third kappa shape index (κ3) is 5.62. The van der Waals surface area contributed by atoms with Crippen molar-refractivity contribution in [3.8, 4) is 0 Å². The first kappa shape index (κ1) is 19.5. The van der Waals surface area contributed by atoms with Crippen LogP contribution < -0.4 is 16.0 Å². The lowest BCUT2D eigenvalue weighted by molar-refractivity contribution is -0.120. The number of hydrogen-bond donors (Lipinski definition) is 3. The maximum atomic E-state index is 13.7. The van der Waals surface area contributed by atoms with Crippen LogP contribution in [0.5, 0.6) is 0 Å². The van der Waals surface area contributed by atoms with Crippen LogP contribution in [-0.4, -0.2) is 34.2 Å². The molecule has 0 radical (unpaired) electrons. The van der Waals surface area contributed by atoms with Crippen molar-refractivity contribution in [3.63, 3.8) is 0 Å². The Morgan fingerprint density at radius 1 is 1.00 bits per heavy atom. The molecule has 2 heterocycles. The minimum absolute atomic E-state index is 0.110. The third-order valence-corrected chi connectivity index (χ3v) is 4.12. The van der Waals surface area contributed by atoms with Gasteiger partial charge in [0.05, 0.1) is 6.42 Å². The Morgan fingerprint density at radius 2 is 1.75 bits per heavy atom. The predicted octanol–water partition coefficient (Wildman–Crippen LogP) is 3.18. The zero-order valence-corrected chi connectivity index (χ0v) is 15.6. The fourth-order valence-corrected chi connectivity index (χ4v) is 2.62. The Balaban J connectivity index is 1.41. The summed E-state index contributed by atoms with van der Waals surface area (Å²) < 4.78 is 13.7. The Labute approximate surface area is 166 Å². The molecule has 9 heteroatoms. The summed E-state index contributed by atoms with van der Waals surface area (Å²) in [4.78, 5) is 15.9. The summed E-state index contributed by atoms with van der Waals surface area (Å²) in [5, 5.41) is 17.2. The summed E-state index contributed by atoms with van der Waals surface area (Å²) in [6.45, 7) is 0.798. The molecule has 2 aromatic heterocycles. The third-order valence-electron chi connectivity index (χ3n) is 3.77. The van der Waals surface area contributed by atoms with Crippen molar-refractivity contribution >= 4 is 34.8 Å². The van der Waals surface area contributed by atoms with Crippen LogP contribution in [0.3, 0.4) is 0 Å². The van der Waals surface area contributed by atoms with Crippen molar-refractivity contribution in [2.75, 3.05) is 23.7 Å². The zero-order chi connectivity index (χ0) is 19.8. The van der Waals surface area contributed by atoms with Gasteiger partial charge in [0.15, 0.2) is 5.82 Å². The van der Waals surface area contributed by atoms with Crippen LogP contribution in [0.15, 0.2) is 54.9 Å². The summed E-state index contributed by atoms with van der Waals surface area (Å²) in [5.41, 5.74) is 1.06. The number of nitrogens with one attached hydrogen (secondary N) is 3. The molecule has 0 aliphatic heterocycles. The molecule has 0 bridgehead atoms. The van der Waals surface area contributed by atoms with Crippen molar-refractivity contribution < 1.29 is 9.18 Å². The molecular formula is C19H18ClFN6O. The number of rotatable bonds is 8. The van der Waals surface area contributed by atoms with E-state index in [1.165, 1.54) is 12.1 Å². The van der Waals surface area contributed by atoms with Crippen LogP contribution in [0.4, 0.5) is 21.7 Å². The number of carbonyl (C=O) groups is 1. The van der Waals surface area contributed by atoms with E-state index >= 15 is 0 Å². The van der Waals surface area contributed by atoms with Crippen molar-refractivity contribution in [1.29, 1.82) is 0 Å². The highest BCUT2D eigenvalue weighted by Gasteiger charge is 2.11. The molecule has 0 aliphatic carbocycles. The van der Waals surface area contributed by atoms with Gasteiger partial charge in [-0.2, -0.15) is 0 Å². The number of amides is 1. The monoisotopic (exact) mass is 400 g/mol. The molecule has 0 atom stereocenters. The minimum atomic E-state index is -0.489. The van der Waals surface area contributed by atoms with E-state index in [0.29, 0.717) is 24.7 Å². The van der Waals surface area contributed by atoms with Crippen molar-refractivity contribution in [3.05, 3.63) is 71.3 Å². The van der Waals surface area contributed by atoms with E-state index in [0.717, 1.165) is 5.69 Å². The SMILES string of the molecule is O=C(Cc1c(F)cccc1Cl)NCCNc1ccc(Nc2ccncc2)nn1. The molecule has 1 aromatic carbocycles. The highest BCUT2D eigenvalue weighted by atomic mass is 35.5. The lowest BCUT2D eigenvalue weighted by Gasteiger charge is -2.09. The van der Waals surface area contributed by atoms with Gasteiger partial charge in [0, 0.05) is 41.8 Å². The first-order chi connectivity index (χ1) is 13.6. The number of anilines is 3. The number of aromatic nitrogens is 3. The molecule has 1 amide bonds. The summed E-state index contributed by atoms with van der Waals surface area (Å²) >= 11 is 5.92. The first-order valence-corrected chi connectivity index (χ1v) is 8.94. The number of pyridine rings is 1. The van der Waals surface area contributed by atoms with Gasteiger partial charge in [-0.1, -0.05) is 17.7 Å². The van der Waals surface area contributed by atoms with Crippen molar-refractivity contribution in [2.45, 2.75) is 6.42 Å². The predicted molar refractivity (Wildman–Crippen MR) is 106 cm³/mol.